The van der Waals surface area contributed by atoms with Crippen LogP contribution in [0.1, 0.15) is 12.5 Å². The maximum Gasteiger partial charge on any atom is 0.331 e. The third kappa shape index (κ3) is 4.21. The molecule has 2 N–H and O–H groups in total. The number of sulfonamides is 1. The number of anilines is 1. The fraction of sp³-hybridized carbons (Fsp3) is 0.250. The summed E-state index contributed by atoms with van der Waals surface area (Å²) in [5.41, 5.74) is 1.32. The Labute approximate surface area is 106 Å². The number of benzene rings is 1. The minimum absolute atomic E-state index is 0.00454. The number of hydrogen-bond acceptors (Lipinski definition) is 3. The van der Waals surface area contributed by atoms with Gasteiger partial charge in [-0.05, 0) is 24.6 Å². The summed E-state index contributed by atoms with van der Waals surface area (Å²) in [6.07, 6.45) is 0.232. The van der Waals surface area contributed by atoms with Gasteiger partial charge in [-0.15, -0.1) is 0 Å². The summed E-state index contributed by atoms with van der Waals surface area (Å²) < 4.78 is 25.0. The molecule has 1 aromatic rings. The van der Waals surface area contributed by atoms with Crippen molar-refractivity contribution in [3.63, 3.8) is 0 Å². The topological polar surface area (TPSA) is 83.5 Å². The van der Waals surface area contributed by atoms with Gasteiger partial charge in [0.2, 0.25) is 10.0 Å². The average molecular weight is 269 g/mol. The smallest absolute Gasteiger partial charge is 0.331 e. The van der Waals surface area contributed by atoms with Crippen molar-refractivity contribution in [1.29, 1.82) is 0 Å². The first-order valence-electron chi connectivity index (χ1n) is 5.34. The number of aliphatic carboxylic acids is 1. The minimum atomic E-state index is -3.28. The van der Waals surface area contributed by atoms with Crippen LogP contribution in [0.15, 0.2) is 36.4 Å². The van der Waals surface area contributed by atoms with Crippen LogP contribution in [0, 0.1) is 0 Å². The lowest BCUT2D eigenvalue weighted by atomic mass is 10.1. The van der Waals surface area contributed by atoms with E-state index in [-0.39, 0.29) is 17.7 Å². The maximum atomic E-state index is 11.3. The monoisotopic (exact) mass is 269 g/mol. The molecule has 1 rings (SSSR count). The molecule has 1 aromatic carbocycles. The van der Waals surface area contributed by atoms with Gasteiger partial charge in [-0.2, -0.15) is 0 Å². The van der Waals surface area contributed by atoms with Gasteiger partial charge in [0.15, 0.2) is 0 Å². The van der Waals surface area contributed by atoms with Crippen LogP contribution >= 0.6 is 0 Å². The molecule has 0 bridgehead atoms. The van der Waals surface area contributed by atoms with Gasteiger partial charge in [0.25, 0.3) is 0 Å². The van der Waals surface area contributed by atoms with Crippen molar-refractivity contribution in [3.05, 3.63) is 42.0 Å². The lowest BCUT2D eigenvalue weighted by Gasteiger charge is -2.07. The van der Waals surface area contributed by atoms with Gasteiger partial charge in [0, 0.05) is 17.7 Å². The second-order valence-electron chi connectivity index (χ2n) is 3.79. The van der Waals surface area contributed by atoms with E-state index in [2.05, 4.69) is 11.3 Å². The van der Waals surface area contributed by atoms with Crippen molar-refractivity contribution >= 4 is 21.7 Å². The largest absolute Gasteiger partial charge is 0.478 e. The zero-order valence-corrected chi connectivity index (χ0v) is 10.8. The molecule has 0 aliphatic heterocycles. The van der Waals surface area contributed by atoms with E-state index in [0.717, 1.165) is 5.56 Å². The van der Waals surface area contributed by atoms with E-state index in [4.69, 9.17) is 5.11 Å². The Bertz CT molecular complexity index is 546. The molecule has 6 heteroatoms. The van der Waals surface area contributed by atoms with E-state index in [1.54, 1.807) is 31.2 Å². The number of carbonyl (C=O) groups is 1. The Morgan fingerprint density at radius 3 is 2.33 bits per heavy atom. The average Bonchev–Trinajstić information content (AvgIpc) is 2.31. The van der Waals surface area contributed by atoms with E-state index in [0.29, 0.717) is 5.69 Å². The zero-order chi connectivity index (χ0) is 13.8. The highest BCUT2D eigenvalue weighted by molar-refractivity contribution is 7.92. The second kappa shape index (κ2) is 5.68. The van der Waals surface area contributed by atoms with Crippen molar-refractivity contribution in [2.24, 2.45) is 0 Å². The third-order valence-corrected chi connectivity index (χ3v) is 3.63. The predicted octanol–water partition coefficient (Wildman–Crippen LogP) is 1.63. The molecule has 0 heterocycles. The second-order valence-corrected chi connectivity index (χ2v) is 5.80. The van der Waals surface area contributed by atoms with Gasteiger partial charge in [-0.3, -0.25) is 4.72 Å². The first kappa shape index (κ1) is 14.2. The standard InChI is InChI=1S/C12H15NO4S/c1-3-18(16,17)13-11-6-4-10(5-7-11)8-9(2)12(14)15/h4-7,13H,2-3,8H2,1H3,(H,14,15). The molecule has 5 nitrogen and oxygen atoms in total. The molecule has 0 unspecified atom stereocenters. The molecule has 0 aliphatic rings. The molecule has 0 aromatic heterocycles. The molecule has 0 aliphatic carbocycles. The first-order chi connectivity index (χ1) is 8.34. The van der Waals surface area contributed by atoms with Crippen molar-refractivity contribution in [1.82, 2.24) is 0 Å². The summed E-state index contributed by atoms with van der Waals surface area (Å²) in [5, 5.41) is 8.69. The van der Waals surface area contributed by atoms with Crippen LogP contribution in [0.4, 0.5) is 5.69 Å². The van der Waals surface area contributed by atoms with Crippen LogP contribution in [0.25, 0.3) is 0 Å². The van der Waals surface area contributed by atoms with E-state index in [9.17, 15) is 13.2 Å². The molecular weight excluding hydrogens is 254 g/mol. The summed E-state index contributed by atoms with van der Waals surface area (Å²) in [4.78, 5) is 10.6. The number of hydrogen-bond donors (Lipinski definition) is 2. The van der Waals surface area contributed by atoms with Crippen molar-refractivity contribution in [2.75, 3.05) is 10.5 Å². The van der Waals surface area contributed by atoms with E-state index >= 15 is 0 Å². The Balaban J connectivity index is 2.75. The summed E-state index contributed by atoms with van der Waals surface area (Å²) >= 11 is 0. The molecule has 0 fully saturated rings. The van der Waals surface area contributed by atoms with Gasteiger partial charge in [0.05, 0.1) is 5.75 Å². The molecule has 0 spiro atoms. The van der Waals surface area contributed by atoms with Gasteiger partial charge >= 0.3 is 5.97 Å². The lowest BCUT2D eigenvalue weighted by Crippen LogP contribution is -2.14. The van der Waals surface area contributed by atoms with Gasteiger partial charge in [0.1, 0.15) is 0 Å². The molecule has 0 atom stereocenters. The van der Waals surface area contributed by atoms with Crippen LogP contribution in [0.5, 0.6) is 0 Å². The number of nitrogens with one attached hydrogen (secondary N) is 1. The number of carboxylic acids is 1. The van der Waals surface area contributed by atoms with Gasteiger partial charge in [-0.25, -0.2) is 13.2 Å². The number of rotatable bonds is 6. The molecule has 0 amide bonds. The fourth-order valence-corrected chi connectivity index (χ4v) is 1.90. The Kier molecular flexibility index (Phi) is 4.49. The molecule has 98 valence electrons. The molecule has 0 radical (unpaired) electrons. The van der Waals surface area contributed by atoms with Crippen molar-refractivity contribution in [3.8, 4) is 0 Å². The highest BCUT2D eigenvalue weighted by Gasteiger charge is 2.08. The Morgan fingerprint density at radius 2 is 1.89 bits per heavy atom. The SMILES string of the molecule is C=C(Cc1ccc(NS(=O)(=O)CC)cc1)C(=O)O. The summed E-state index contributed by atoms with van der Waals surface area (Å²) in [6, 6.07) is 6.53. The number of carboxylic acid groups (broad SMARTS) is 1. The lowest BCUT2D eigenvalue weighted by molar-refractivity contribution is -0.132. The van der Waals surface area contributed by atoms with Crippen LogP contribution in [-0.2, 0) is 21.2 Å². The van der Waals surface area contributed by atoms with Gasteiger partial charge < -0.3 is 5.11 Å². The van der Waals surface area contributed by atoms with Crippen molar-refractivity contribution < 1.29 is 18.3 Å². The molecular formula is C12H15NO4S. The minimum Gasteiger partial charge on any atom is -0.478 e. The zero-order valence-electron chi connectivity index (χ0n) is 10.0. The Hall–Kier alpha value is -1.82. The van der Waals surface area contributed by atoms with Crippen LogP contribution in [-0.4, -0.2) is 25.2 Å². The van der Waals surface area contributed by atoms with E-state index in [1.165, 1.54) is 0 Å². The van der Waals surface area contributed by atoms with Gasteiger partial charge in [-0.1, -0.05) is 18.7 Å². The molecule has 0 saturated heterocycles. The molecule has 0 saturated carbocycles. The third-order valence-electron chi connectivity index (χ3n) is 2.33. The summed E-state index contributed by atoms with van der Waals surface area (Å²) in [5.74, 6) is -1.03. The van der Waals surface area contributed by atoms with E-state index < -0.39 is 16.0 Å². The fourth-order valence-electron chi connectivity index (χ4n) is 1.26. The van der Waals surface area contributed by atoms with E-state index in [1.807, 2.05) is 0 Å². The quantitative estimate of drug-likeness (QED) is 0.769. The Morgan fingerprint density at radius 1 is 1.33 bits per heavy atom. The maximum absolute atomic E-state index is 11.3. The molecule has 18 heavy (non-hydrogen) atoms. The van der Waals surface area contributed by atoms with Crippen LogP contribution in [0.3, 0.4) is 0 Å². The summed E-state index contributed by atoms with van der Waals surface area (Å²) in [7, 11) is -3.28. The van der Waals surface area contributed by atoms with Crippen molar-refractivity contribution in [2.45, 2.75) is 13.3 Å². The highest BCUT2D eigenvalue weighted by Crippen LogP contribution is 2.13. The predicted molar refractivity (Wildman–Crippen MR) is 70.0 cm³/mol. The van der Waals surface area contributed by atoms with Crippen LogP contribution in [0.2, 0.25) is 0 Å². The normalized spacial score (nSPS) is 10.9. The first-order valence-corrected chi connectivity index (χ1v) is 7.00. The van der Waals surface area contributed by atoms with Crippen LogP contribution < -0.4 is 4.72 Å². The highest BCUT2D eigenvalue weighted by atomic mass is 32.2. The summed E-state index contributed by atoms with van der Waals surface area (Å²) in [6.45, 7) is 4.98.